The molecule has 2 heterocycles. The molecule has 1 aliphatic heterocycles. The van der Waals surface area contributed by atoms with Crippen molar-refractivity contribution in [2.75, 3.05) is 19.6 Å². The van der Waals surface area contributed by atoms with Crippen LogP contribution in [0.5, 0.6) is 0 Å². The number of aryl methyl sites for hydroxylation is 1. The molecule has 1 N–H and O–H groups in total. The van der Waals surface area contributed by atoms with E-state index in [0.29, 0.717) is 25.3 Å². The number of nitrogens with one attached hydrogen (secondary N) is 1. The Balaban J connectivity index is 1.57. The molecule has 4 nitrogen and oxygen atoms in total. The molecule has 3 aromatic rings. The lowest BCUT2D eigenvalue weighted by Crippen LogP contribution is -2.48. The van der Waals surface area contributed by atoms with Gasteiger partial charge in [0.2, 0.25) is 0 Å². The van der Waals surface area contributed by atoms with Crippen LogP contribution in [0.2, 0.25) is 0 Å². The molecule has 0 bridgehead atoms. The molecule has 1 saturated heterocycles. The fraction of sp³-hybridized carbons (Fsp3) is 0.238. The van der Waals surface area contributed by atoms with E-state index in [1.54, 1.807) is 18.2 Å². The summed E-state index contributed by atoms with van der Waals surface area (Å²) in [7, 11) is 0. The first-order valence-electron chi connectivity index (χ1n) is 8.76. The molecule has 132 valence electrons. The van der Waals surface area contributed by atoms with Gasteiger partial charge >= 0.3 is 0 Å². The van der Waals surface area contributed by atoms with E-state index in [9.17, 15) is 9.18 Å². The van der Waals surface area contributed by atoms with Gasteiger partial charge < -0.3 is 10.2 Å². The number of hydrogen-bond acceptors (Lipinski definition) is 3. The van der Waals surface area contributed by atoms with Crippen LogP contribution >= 0.6 is 0 Å². The lowest BCUT2D eigenvalue weighted by molar-refractivity contribution is 0.0697. The molecule has 5 heteroatoms. The quantitative estimate of drug-likeness (QED) is 0.771. The average Bonchev–Trinajstić information content (AvgIpc) is 2.68. The highest BCUT2D eigenvalue weighted by Gasteiger charge is 2.26. The number of para-hydroxylation sites is 1. The molecule has 26 heavy (non-hydrogen) atoms. The van der Waals surface area contributed by atoms with Gasteiger partial charge in [0.05, 0.1) is 5.52 Å². The number of piperazine rings is 1. The van der Waals surface area contributed by atoms with Gasteiger partial charge in [-0.15, -0.1) is 0 Å². The number of halogens is 1. The summed E-state index contributed by atoms with van der Waals surface area (Å²) >= 11 is 0. The molecular formula is C21H20FN3O. The Morgan fingerprint density at radius 3 is 2.77 bits per heavy atom. The number of pyridine rings is 1. The Bertz CT molecular complexity index is 955. The highest BCUT2D eigenvalue weighted by molar-refractivity contribution is 5.95. The summed E-state index contributed by atoms with van der Waals surface area (Å²) in [6.45, 7) is 3.86. The molecule has 0 saturated carbocycles. The zero-order valence-electron chi connectivity index (χ0n) is 14.6. The van der Waals surface area contributed by atoms with Crippen molar-refractivity contribution in [1.82, 2.24) is 15.2 Å². The Morgan fingerprint density at radius 1 is 1.15 bits per heavy atom. The van der Waals surface area contributed by atoms with Crippen LogP contribution in [0.4, 0.5) is 4.39 Å². The Morgan fingerprint density at radius 2 is 1.96 bits per heavy atom. The first-order chi connectivity index (χ1) is 12.6. The number of hydrogen-bond donors (Lipinski definition) is 1. The van der Waals surface area contributed by atoms with Gasteiger partial charge in [0, 0.05) is 31.1 Å². The van der Waals surface area contributed by atoms with Crippen molar-refractivity contribution in [3.05, 3.63) is 77.2 Å². The first-order valence-corrected chi connectivity index (χ1v) is 8.76. The second kappa shape index (κ2) is 6.84. The number of aromatic nitrogens is 1. The van der Waals surface area contributed by atoms with Crippen LogP contribution in [-0.4, -0.2) is 35.4 Å². The number of carbonyl (C=O) groups is 1. The minimum atomic E-state index is -0.256. The van der Waals surface area contributed by atoms with Crippen LogP contribution in [0, 0.1) is 12.7 Å². The van der Waals surface area contributed by atoms with Crippen LogP contribution in [0.1, 0.15) is 27.7 Å². The van der Waals surface area contributed by atoms with E-state index in [0.717, 1.165) is 22.0 Å². The van der Waals surface area contributed by atoms with E-state index >= 15 is 0 Å². The topological polar surface area (TPSA) is 45.2 Å². The zero-order valence-corrected chi connectivity index (χ0v) is 14.6. The average molecular weight is 349 g/mol. The third-order valence-corrected chi connectivity index (χ3v) is 4.88. The lowest BCUT2D eigenvalue weighted by Gasteiger charge is -2.34. The van der Waals surface area contributed by atoms with E-state index in [1.807, 2.05) is 36.1 Å². The van der Waals surface area contributed by atoms with Gasteiger partial charge in [-0.1, -0.05) is 36.4 Å². The van der Waals surface area contributed by atoms with Gasteiger partial charge in [-0.05, 0) is 36.2 Å². The van der Waals surface area contributed by atoms with Gasteiger partial charge in [-0.3, -0.25) is 4.79 Å². The van der Waals surface area contributed by atoms with Crippen molar-refractivity contribution >= 4 is 16.8 Å². The summed E-state index contributed by atoms with van der Waals surface area (Å²) in [4.78, 5) is 19.4. The molecule has 1 aliphatic rings. The van der Waals surface area contributed by atoms with E-state index in [1.165, 1.54) is 12.1 Å². The highest BCUT2D eigenvalue weighted by atomic mass is 19.1. The van der Waals surface area contributed by atoms with Crippen molar-refractivity contribution in [2.24, 2.45) is 0 Å². The fourth-order valence-electron chi connectivity index (χ4n) is 3.43. The van der Waals surface area contributed by atoms with Crippen molar-refractivity contribution in [1.29, 1.82) is 0 Å². The summed E-state index contributed by atoms with van der Waals surface area (Å²) in [5.74, 6) is -0.322. The third kappa shape index (κ3) is 3.18. The number of fused-ring (bicyclic) bond motifs is 1. The normalized spacial score (nSPS) is 17.5. The zero-order chi connectivity index (χ0) is 18.1. The van der Waals surface area contributed by atoms with Crippen molar-refractivity contribution in [3.8, 4) is 0 Å². The van der Waals surface area contributed by atoms with Crippen LogP contribution < -0.4 is 5.32 Å². The van der Waals surface area contributed by atoms with E-state index < -0.39 is 0 Å². The van der Waals surface area contributed by atoms with Crippen LogP contribution in [0.25, 0.3) is 10.9 Å². The molecule has 2 aromatic carbocycles. The van der Waals surface area contributed by atoms with E-state index in [-0.39, 0.29) is 17.8 Å². The maximum atomic E-state index is 13.1. The first kappa shape index (κ1) is 16.7. The molecule has 0 spiro atoms. The van der Waals surface area contributed by atoms with Crippen LogP contribution in [0.15, 0.2) is 54.6 Å². The number of amides is 1. The maximum absolute atomic E-state index is 13.1. The molecule has 1 fully saturated rings. The second-order valence-electron chi connectivity index (χ2n) is 6.65. The van der Waals surface area contributed by atoms with Crippen LogP contribution in [-0.2, 0) is 0 Å². The summed E-state index contributed by atoms with van der Waals surface area (Å²) in [6, 6.07) is 16.1. The van der Waals surface area contributed by atoms with E-state index in [2.05, 4.69) is 10.3 Å². The third-order valence-electron chi connectivity index (χ3n) is 4.88. The summed E-state index contributed by atoms with van der Waals surface area (Å²) in [5, 5.41) is 4.43. The standard InChI is InChI=1S/C21H20FN3O/c1-14-3-2-4-16-7-10-18(24-20(14)16)21(26)25-12-11-23-19(13-25)15-5-8-17(22)9-6-15/h2-10,19,23H,11-13H2,1H3. The number of nitrogens with zero attached hydrogens (tertiary/aromatic N) is 2. The Kier molecular flexibility index (Phi) is 4.39. The molecule has 1 amide bonds. The minimum absolute atomic E-state index is 0.00417. The van der Waals surface area contributed by atoms with Crippen LogP contribution in [0.3, 0.4) is 0 Å². The summed E-state index contributed by atoms with van der Waals surface area (Å²) in [5.41, 5.74) is 3.36. The SMILES string of the molecule is Cc1cccc2ccc(C(=O)N3CCNC(c4ccc(F)cc4)C3)nc12. The van der Waals surface area contributed by atoms with Gasteiger partial charge in [0.25, 0.3) is 5.91 Å². The monoisotopic (exact) mass is 349 g/mol. The lowest BCUT2D eigenvalue weighted by atomic mass is 10.0. The fourth-order valence-corrected chi connectivity index (χ4v) is 3.43. The van der Waals surface area contributed by atoms with Gasteiger partial charge in [0.1, 0.15) is 11.5 Å². The molecule has 1 aromatic heterocycles. The van der Waals surface area contributed by atoms with Gasteiger partial charge in [-0.25, -0.2) is 9.37 Å². The number of benzene rings is 2. The minimum Gasteiger partial charge on any atom is -0.334 e. The maximum Gasteiger partial charge on any atom is 0.272 e. The summed E-state index contributed by atoms with van der Waals surface area (Å²) < 4.78 is 13.1. The smallest absolute Gasteiger partial charge is 0.272 e. The molecule has 0 radical (unpaired) electrons. The van der Waals surface area contributed by atoms with Crippen molar-refractivity contribution in [2.45, 2.75) is 13.0 Å². The highest BCUT2D eigenvalue weighted by Crippen LogP contribution is 2.21. The van der Waals surface area contributed by atoms with Gasteiger partial charge in [0.15, 0.2) is 0 Å². The summed E-state index contributed by atoms with van der Waals surface area (Å²) in [6.07, 6.45) is 0. The molecule has 1 unspecified atom stereocenters. The van der Waals surface area contributed by atoms with Crippen molar-refractivity contribution in [3.63, 3.8) is 0 Å². The van der Waals surface area contributed by atoms with Crippen molar-refractivity contribution < 1.29 is 9.18 Å². The molecule has 1 atom stereocenters. The largest absolute Gasteiger partial charge is 0.334 e. The number of carbonyl (C=O) groups excluding carboxylic acids is 1. The second-order valence-corrected chi connectivity index (χ2v) is 6.65. The predicted molar refractivity (Wildman–Crippen MR) is 99.5 cm³/mol. The van der Waals surface area contributed by atoms with E-state index in [4.69, 9.17) is 0 Å². The molecule has 0 aliphatic carbocycles. The molecular weight excluding hydrogens is 329 g/mol. The Hall–Kier alpha value is -2.79. The van der Waals surface area contributed by atoms with Gasteiger partial charge in [-0.2, -0.15) is 0 Å². The number of rotatable bonds is 2. The predicted octanol–water partition coefficient (Wildman–Crippen LogP) is 3.47. The molecule has 4 rings (SSSR count). The Labute approximate surface area is 151 Å².